The van der Waals surface area contributed by atoms with Crippen LogP contribution in [0.1, 0.15) is 27.9 Å². The van der Waals surface area contributed by atoms with Gasteiger partial charge in [-0.15, -0.1) is 0 Å². The summed E-state index contributed by atoms with van der Waals surface area (Å²) in [5.74, 6) is 1.17. The zero-order valence-corrected chi connectivity index (χ0v) is 14.8. The lowest BCUT2D eigenvalue weighted by molar-refractivity contribution is 0.0950. The van der Waals surface area contributed by atoms with Crippen LogP contribution in [0.2, 0.25) is 0 Å². The van der Waals surface area contributed by atoms with Gasteiger partial charge in [0.25, 0.3) is 5.91 Å². The Kier molecular flexibility index (Phi) is 5.00. The molecule has 4 rings (SSSR count). The molecule has 0 atom stereocenters. The van der Waals surface area contributed by atoms with Gasteiger partial charge in [0, 0.05) is 18.5 Å². The molecule has 7 nitrogen and oxygen atoms in total. The van der Waals surface area contributed by atoms with E-state index in [-0.39, 0.29) is 5.91 Å². The minimum absolute atomic E-state index is 0.141. The predicted octanol–water partition coefficient (Wildman–Crippen LogP) is 2.42. The Morgan fingerprint density at radius 3 is 2.59 bits per heavy atom. The van der Waals surface area contributed by atoms with Crippen molar-refractivity contribution in [1.29, 1.82) is 0 Å². The highest BCUT2D eigenvalue weighted by molar-refractivity contribution is 5.94. The Balaban J connectivity index is 1.35. The number of amides is 1. The van der Waals surface area contributed by atoms with Crippen LogP contribution in [-0.2, 0) is 13.1 Å². The first-order chi connectivity index (χ1) is 13.3. The van der Waals surface area contributed by atoms with Gasteiger partial charge in [-0.2, -0.15) is 5.10 Å². The van der Waals surface area contributed by atoms with Gasteiger partial charge in [0.2, 0.25) is 0 Å². The van der Waals surface area contributed by atoms with E-state index in [4.69, 9.17) is 9.47 Å². The number of ether oxygens (including phenoxy) is 2. The molecule has 1 aromatic heterocycles. The molecular weight excluding hydrogens is 344 g/mol. The van der Waals surface area contributed by atoms with Gasteiger partial charge in [-0.25, -0.2) is 9.67 Å². The number of nitrogens with one attached hydrogen (secondary N) is 1. The van der Waals surface area contributed by atoms with Crippen LogP contribution in [-0.4, -0.2) is 33.9 Å². The summed E-state index contributed by atoms with van der Waals surface area (Å²) < 4.78 is 13.0. The average molecular weight is 364 g/mol. The molecule has 0 saturated heterocycles. The molecule has 3 aromatic rings. The average Bonchev–Trinajstić information content (AvgIpc) is 3.09. The normalized spacial score (nSPS) is 13.0. The van der Waals surface area contributed by atoms with E-state index in [9.17, 15) is 4.79 Å². The number of aromatic nitrogens is 3. The first-order valence-electron chi connectivity index (χ1n) is 8.86. The zero-order valence-electron chi connectivity index (χ0n) is 14.8. The van der Waals surface area contributed by atoms with Gasteiger partial charge < -0.3 is 14.8 Å². The Hall–Kier alpha value is -3.35. The van der Waals surface area contributed by atoms with Crippen LogP contribution in [0, 0.1) is 0 Å². The maximum atomic E-state index is 12.4. The lowest BCUT2D eigenvalue weighted by atomic mass is 10.1. The minimum Gasteiger partial charge on any atom is -0.490 e. The summed E-state index contributed by atoms with van der Waals surface area (Å²) in [6, 6.07) is 13.3. The quantitative estimate of drug-likeness (QED) is 0.752. The second-order valence-electron chi connectivity index (χ2n) is 6.30. The molecule has 2 aromatic carbocycles. The van der Waals surface area contributed by atoms with E-state index in [1.54, 1.807) is 29.2 Å². The summed E-state index contributed by atoms with van der Waals surface area (Å²) >= 11 is 0. The maximum Gasteiger partial charge on any atom is 0.251 e. The molecule has 138 valence electrons. The zero-order chi connectivity index (χ0) is 18.5. The van der Waals surface area contributed by atoms with Crippen LogP contribution in [0.25, 0.3) is 0 Å². The highest BCUT2D eigenvalue weighted by Crippen LogP contribution is 2.30. The molecule has 0 fully saturated rings. The number of nitrogens with zero attached hydrogens (tertiary/aromatic N) is 3. The largest absolute Gasteiger partial charge is 0.490 e. The molecule has 1 amide bonds. The van der Waals surface area contributed by atoms with Crippen LogP contribution >= 0.6 is 0 Å². The van der Waals surface area contributed by atoms with Crippen molar-refractivity contribution in [2.45, 2.75) is 19.5 Å². The van der Waals surface area contributed by atoms with Gasteiger partial charge in [0.15, 0.2) is 11.5 Å². The van der Waals surface area contributed by atoms with Crippen molar-refractivity contribution in [1.82, 2.24) is 20.1 Å². The highest BCUT2D eigenvalue weighted by Gasteiger charge is 2.14. The highest BCUT2D eigenvalue weighted by atomic mass is 16.5. The summed E-state index contributed by atoms with van der Waals surface area (Å²) in [5.41, 5.74) is 2.71. The monoisotopic (exact) mass is 364 g/mol. The van der Waals surface area contributed by atoms with Crippen LogP contribution in [0.4, 0.5) is 0 Å². The van der Waals surface area contributed by atoms with E-state index >= 15 is 0 Å². The number of carbonyl (C=O) groups is 1. The molecule has 1 aliphatic rings. The summed E-state index contributed by atoms with van der Waals surface area (Å²) in [6.07, 6.45) is 4.04. The van der Waals surface area contributed by atoms with Gasteiger partial charge in [-0.1, -0.05) is 24.3 Å². The molecular formula is C20H20N4O3. The molecule has 0 unspecified atom stereocenters. The van der Waals surface area contributed by atoms with E-state index in [1.807, 2.05) is 24.3 Å². The third-order valence-electron chi connectivity index (χ3n) is 4.30. The molecule has 1 N–H and O–H groups in total. The number of hydrogen-bond acceptors (Lipinski definition) is 5. The van der Waals surface area contributed by atoms with Crippen molar-refractivity contribution in [2.24, 2.45) is 0 Å². The van der Waals surface area contributed by atoms with Crippen LogP contribution in [0.3, 0.4) is 0 Å². The third-order valence-corrected chi connectivity index (χ3v) is 4.30. The molecule has 0 aliphatic carbocycles. The number of rotatable bonds is 5. The number of hydrogen-bond donors (Lipinski definition) is 1. The predicted molar refractivity (Wildman–Crippen MR) is 98.8 cm³/mol. The van der Waals surface area contributed by atoms with Gasteiger partial charge >= 0.3 is 0 Å². The minimum atomic E-state index is -0.141. The number of fused-ring (bicyclic) bond motifs is 1. The van der Waals surface area contributed by atoms with E-state index in [2.05, 4.69) is 15.4 Å². The van der Waals surface area contributed by atoms with E-state index in [1.165, 1.54) is 6.33 Å². The molecule has 27 heavy (non-hydrogen) atoms. The van der Waals surface area contributed by atoms with Crippen LogP contribution < -0.4 is 14.8 Å². The lowest BCUT2D eigenvalue weighted by Gasteiger charge is -2.10. The Morgan fingerprint density at radius 2 is 1.81 bits per heavy atom. The number of carbonyl (C=O) groups excluding carboxylic acids is 1. The topological polar surface area (TPSA) is 78.3 Å². The second-order valence-corrected chi connectivity index (χ2v) is 6.30. The molecule has 0 radical (unpaired) electrons. The summed E-state index contributed by atoms with van der Waals surface area (Å²) in [6.45, 7) is 2.35. The van der Waals surface area contributed by atoms with Crippen molar-refractivity contribution < 1.29 is 14.3 Å². The Morgan fingerprint density at radius 1 is 1.04 bits per heavy atom. The molecule has 7 heteroatoms. The molecule has 0 saturated carbocycles. The van der Waals surface area contributed by atoms with Crippen molar-refractivity contribution >= 4 is 5.91 Å². The molecule has 1 aliphatic heterocycles. The standard InChI is InChI=1S/C20H20N4O3/c25-20(17-6-7-18-19(10-17)27-9-1-8-26-18)22-11-15-2-4-16(5-3-15)12-24-14-21-13-23-24/h2-7,10,13-14H,1,8-9,11-12H2,(H,22,25). The summed E-state index contributed by atoms with van der Waals surface area (Å²) in [4.78, 5) is 16.4. The van der Waals surface area contributed by atoms with Gasteiger partial charge in [0.1, 0.15) is 12.7 Å². The van der Waals surface area contributed by atoms with Crippen molar-refractivity contribution in [3.8, 4) is 11.5 Å². The Labute approximate surface area is 156 Å². The number of benzene rings is 2. The van der Waals surface area contributed by atoms with Gasteiger partial charge in [-0.3, -0.25) is 4.79 Å². The SMILES string of the molecule is O=C(NCc1ccc(Cn2cncn2)cc1)c1ccc2c(c1)OCCCO2. The Bertz CT molecular complexity index is 907. The van der Waals surface area contributed by atoms with Crippen molar-refractivity contribution in [3.63, 3.8) is 0 Å². The fourth-order valence-electron chi connectivity index (χ4n) is 2.85. The van der Waals surface area contributed by atoms with E-state index in [0.29, 0.717) is 43.4 Å². The van der Waals surface area contributed by atoms with Crippen LogP contribution in [0.5, 0.6) is 11.5 Å². The first kappa shape index (κ1) is 17.1. The molecule has 0 bridgehead atoms. The smallest absolute Gasteiger partial charge is 0.251 e. The first-order valence-corrected chi connectivity index (χ1v) is 8.86. The summed E-state index contributed by atoms with van der Waals surface area (Å²) in [7, 11) is 0. The van der Waals surface area contributed by atoms with Gasteiger partial charge in [0.05, 0.1) is 19.8 Å². The second kappa shape index (κ2) is 7.90. The lowest BCUT2D eigenvalue weighted by Crippen LogP contribution is -2.22. The summed E-state index contributed by atoms with van der Waals surface area (Å²) in [5, 5.41) is 7.03. The molecule has 0 spiro atoms. The fraction of sp³-hybridized carbons (Fsp3) is 0.250. The maximum absolute atomic E-state index is 12.4. The fourth-order valence-corrected chi connectivity index (χ4v) is 2.85. The van der Waals surface area contributed by atoms with Crippen LogP contribution in [0.15, 0.2) is 55.1 Å². The van der Waals surface area contributed by atoms with E-state index in [0.717, 1.165) is 17.5 Å². The van der Waals surface area contributed by atoms with Crippen molar-refractivity contribution in [2.75, 3.05) is 13.2 Å². The third kappa shape index (κ3) is 4.25. The van der Waals surface area contributed by atoms with Gasteiger partial charge in [-0.05, 0) is 29.3 Å². The van der Waals surface area contributed by atoms with E-state index < -0.39 is 0 Å². The van der Waals surface area contributed by atoms with Crippen molar-refractivity contribution in [3.05, 3.63) is 71.8 Å². The molecule has 2 heterocycles.